The molecule has 0 saturated carbocycles. The van der Waals surface area contributed by atoms with Gasteiger partial charge in [0.15, 0.2) is 11.5 Å². The van der Waals surface area contributed by atoms with Crippen LogP contribution in [0, 0.1) is 20.8 Å². The number of hydrogen-bond acceptors (Lipinski definition) is 7. The molecule has 142 valence electrons. The van der Waals surface area contributed by atoms with Gasteiger partial charge in [-0.1, -0.05) is 6.07 Å². The molecule has 4 aromatic rings. The van der Waals surface area contributed by atoms with Crippen LogP contribution in [0.4, 0.5) is 0 Å². The van der Waals surface area contributed by atoms with Gasteiger partial charge in [0.1, 0.15) is 5.01 Å². The van der Waals surface area contributed by atoms with Crippen LogP contribution in [0.3, 0.4) is 0 Å². The van der Waals surface area contributed by atoms with Crippen molar-refractivity contribution < 1.29 is 4.79 Å². The van der Waals surface area contributed by atoms with Gasteiger partial charge in [-0.25, -0.2) is 9.67 Å². The number of carbonyl (C=O) groups excluding carboxylic acids is 1. The zero-order valence-electron chi connectivity index (χ0n) is 15.6. The number of nitrogens with one attached hydrogen (secondary N) is 1. The molecule has 0 fully saturated rings. The van der Waals surface area contributed by atoms with Crippen molar-refractivity contribution in [3.8, 4) is 15.7 Å². The van der Waals surface area contributed by atoms with Crippen molar-refractivity contribution in [1.82, 2.24) is 30.3 Å². The van der Waals surface area contributed by atoms with Gasteiger partial charge in [0.05, 0.1) is 22.8 Å². The first kappa shape index (κ1) is 18.5. The number of rotatable bonds is 5. The highest BCUT2D eigenvalue weighted by Gasteiger charge is 2.14. The van der Waals surface area contributed by atoms with Gasteiger partial charge in [-0.2, -0.15) is 5.10 Å². The maximum absolute atomic E-state index is 12.4. The second-order valence-corrected chi connectivity index (χ2v) is 8.33. The topological polar surface area (TPSA) is 85.6 Å². The van der Waals surface area contributed by atoms with E-state index in [1.807, 2.05) is 44.4 Å². The van der Waals surface area contributed by atoms with E-state index in [1.54, 1.807) is 39.5 Å². The van der Waals surface area contributed by atoms with Crippen LogP contribution in [0.25, 0.3) is 15.7 Å². The molecule has 0 saturated heterocycles. The summed E-state index contributed by atoms with van der Waals surface area (Å²) in [6.07, 6.45) is 0. The number of thiophene rings is 1. The van der Waals surface area contributed by atoms with Gasteiger partial charge in [-0.15, -0.1) is 32.9 Å². The van der Waals surface area contributed by atoms with Crippen LogP contribution in [0.2, 0.25) is 0 Å². The average Bonchev–Trinajstić information content (AvgIpc) is 3.40. The lowest BCUT2D eigenvalue weighted by molar-refractivity contribution is 0.0945. The Morgan fingerprint density at radius 3 is 2.68 bits per heavy atom. The molecule has 4 rings (SSSR count). The summed E-state index contributed by atoms with van der Waals surface area (Å²) in [7, 11) is 0. The van der Waals surface area contributed by atoms with E-state index in [9.17, 15) is 4.79 Å². The van der Waals surface area contributed by atoms with Gasteiger partial charge in [0, 0.05) is 10.6 Å². The molecule has 0 aliphatic carbocycles. The van der Waals surface area contributed by atoms with Gasteiger partial charge in [-0.05, 0) is 50.4 Å². The summed E-state index contributed by atoms with van der Waals surface area (Å²) in [5, 5.41) is 18.5. The van der Waals surface area contributed by atoms with Gasteiger partial charge in [0.2, 0.25) is 0 Å². The highest BCUT2D eigenvalue weighted by Crippen LogP contribution is 2.30. The van der Waals surface area contributed by atoms with E-state index in [4.69, 9.17) is 0 Å². The first-order valence-electron chi connectivity index (χ1n) is 8.67. The van der Waals surface area contributed by atoms with Crippen LogP contribution < -0.4 is 5.32 Å². The minimum Gasteiger partial charge on any atom is -0.346 e. The Hall–Kier alpha value is -2.91. The lowest BCUT2D eigenvalue weighted by Crippen LogP contribution is -2.24. The number of aryl methyl sites for hydroxylation is 3. The SMILES string of the molecule is Cc1cc(C)n(-c2ccc(C(=O)NCc3sc(-c4cccs4)nc3C)nn2)n1. The predicted octanol–water partition coefficient (Wildman–Crippen LogP) is 3.70. The Morgan fingerprint density at radius 1 is 1.18 bits per heavy atom. The molecular weight excluding hydrogens is 392 g/mol. The quantitative estimate of drug-likeness (QED) is 0.542. The molecule has 4 aromatic heterocycles. The van der Waals surface area contributed by atoms with Crippen LogP contribution >= 0.6 is 22.7 Å². The molecule has 0 aliphatic heterocycles. The maximum Gasteiger partial charge on any atom is 0.272 e. The van der Waals surface area contributed by atoms with Crippen molar-refractivity contribution in [2.24, 2.45) is 0 Å². The largest absolute Gasteiger partial charge is 0.346 e. The average molecular weight is 411 g/mol. The fourth-order valence-electron chi connectivity index (χ4n) is 2.77. The molecule has 28 heavy (non-hydrogen) atoms. The molecule has 4 heterocycles. The minimum atomic E-state index is -0.266. The van der Waals surface area contributed by atoms with E-state index in [0.29, 0.717) is 12.4 Å². The summed E-state index contributed by atoms with van der Waals surface area (Å²) in [4.78, 5) is 19.2. The molecule has 1 N–H and O–H groups in total. The van der Waals surface area contributed by atoms with Crippen LogP contribution in [-0.2, 0) is 6.54 Å². The lowest BCUT2D eigenvalue weighted by Gasteiger charge is -2.05. The first-order chi connectivity index (χ1) is 13.5. The molecule has 0 bridgehead atoms. The Kier molecular flexibility index (Phi) is 5.01. The highest BCUT2D eigenvalue weighted by atomic mass is 32.1. The molecule has 7 nitrogen and oxygen atoms in total. The molecule has 0 radical (unpaired) electrons. The normalized spacial score (nSPS) is 11.0. The summed E-state index contributed by atoms with van der Waals surface area (Å²) in [6, 6.07) is 9.42. The van der Waals surface area contributed by atoms with Crippen molar-refractivity contribution in [2.45, 2.75) is 27.3 Å². The smallest absolute Gasteiger partial charge is 0.272 e. The van der Waals surface area contributed by atoms with Crippen LogP contribution in [0.15, 0.2) is 35.7 Å². The number of thiazole rings is 1. The Bertz CT molecular complexity index is 1110. The number of carbonyl (C=O) groups is 1. The van der Waals surface area contributed by atoms with E-state index in [1.165, 1.54) is 0 Å². The van der Waals surface area contributed by atoms with E-state index < -0.39 is 0 Å². The second kappa shape index (κ2) is 7.61. The van der Waals surface area contributed by atoms with Crippen molar-refractivity contribution in [3.05, 3.63) is 63.4 Å². The predicted molar refractivity (Wildman–Crippen MR) is 110 cm³/mol. The third-order valence-corrected chi connectivity index (χ3v) is 6.34. The Balaban J connectivity index is 1.44. The maximum atomic E-state index is 12.4. The van der Waals surface area contributed by atoms with Crippen molar-refractivity contribution in [3.63, 3.8) is 0 Å². The van der Waals surface area contributed by atoms with E-state index in [0.717, 1.165) is 31.8 Å². The summed E-state index contributed by atoms with van der Waals surface area (Å²) in [5.41, 5.74) is 3.07. The Morgan fingerprint density at radius 2 is 2.04 bits per heavy atom. The van der Waals surface area contributed by atoms with Crippen LogP contribution in [0.1, 0.15) is 32.4 Å². The molecule has 0 aliphatic rings. The molecule has 9 heteroatoms. The number of nitrogens with zero attached hydrogens (tertiary/aromatic N) is 5. The van der Waals surface area contributed by atoms with Gasteiger partial charge in [0.25, 0.3) is 5.91 Å². The zero-order valence-corrected chi connectivity index (χ0v) is 17.3. The lowest BCUT2D eigenvalue weighted by atomic mass is 10.3. The molecule has 0 atom stereocenters. The van der Waals surface area contributed by atoms with Gasteiger partial charge in [-0.3, -0.25) is 4.79 Å². The fraction of sp³-hybridized carbons (Fsp3) is 0.211. The van der Waals surface area contributed by atoms with Crippen molar-refractivity contribution in [2.75, 3.05) is 0 Å². The molecule has 0 spiro atoms. The van der Waals surface area contributed by atoms with Gasteiger partial charge < -0.3 is 5.32 Å². The fourth-order valence-corrected chi connectivity index (χ4v) is 4.57. The third-order valence-electron chi connectivity index (χ3n) is 4.14. The second-order valence-electron chi connectivity index (χ2n) is 6.30. The van der Waals surface area contributed by atoms with Crippen LogP contribution in [0.5, 0.6) is 0 Å². The van der Waals surface area contributed by atoms with Gasteiger partial charge >= 0.3 is 0 Å². The minimum absolute atomic E-state index is 0.266. The summed E-state index contributed by atoms with van der Waals surface area (Å²) >= 11 is 3.25. The molecule has 0 unspecified atom stereocenters. The van der Waals surface area contributed by atoms with Crippen molar-refractivity contribution in [1.29, 1.82) is 0 Å². The van der Waals surface area contributed by atoms with Crippen molar-refractivity contribution >= 4 is 28.6 Å². The Labute approximate surface area is 170 Å². The molecule has 0 aromatic carbocycles. The van der Waals surface area contributed by atoms with E-state index in [-0.39, 0.29) is 11.6 Å². The number of hydrogen-bond donors (Lipinski definition) is 1. The zero-order chi connectivity index (χ0) is 19.7. The van der Waals surface area contributed by atoms with Crippen LogP contribution in [-0.4, -0.2) is 30.9 Å². The molecular formula is C19H18N6OS2. The summed E-state index contributed by atoms with van der Waals surface area (Å²) < 4.78 is 1.71. The standard InChI is InChI=1S/C19H18N6OS2/c1-11-9-12(2)25(24-11)17-7-6-14(22-23-17)18(26)20-10-16-13(3)21-19(28-16)15-5-4-8-27-15/h4-9H,10H2,1-3H3,(H,20,26). The molecule has 1 amide bonds. The number of amides is 1. The van der Waals surface area contributed by atoms with E-state index in [2.05, 4.69) is 25.6 Å². The summed E-state index contributed by atoms with van der Waals surface area (Å²) in [5.74, 6) is 0.318. The summed E-state index contributed by atoms with van der Waals surface area (Å²) in [6.45, 7) is 6.24. The monoisotopic (exact) mass is 410 g/mol. The highest BCUT2D eigenvalue weighted by molar-refractivity contribution is 7.21. The van der Waals surface area contributed by atoms with E-state index >= 15 is 0 Å². The number of aromatic nitrogens is 5. The third kappa shape index (κ3) is 3.71. The first-order valence-corrected chi connectivity index (χ1v) is 10.4.